The third kappa shape index (κ3) is 2.66. The van der Waals surface area contributed by atoms with Gasteiger partial charge in [0.2, 0.25) is 0 Å². The maximum Gasteiger partial charge on any atom is 0.193 e. The second kappa shape index (κ2) is 7.38. The summed E-state index contributed by atoms with van der Waals surface area (Å²) in [5.41, 5.74) is -4.17. The number of alkyl halides is 1. The Labute approximate surface area is 203 Å². The van der Waals surface area contributed by atoms with Gasteiger partial charge in [-0.05, 0) is 62.8 Å². The van der Waals surface area contributed by atoms with E-state index in [0.717, 1.165) is 0 Å². The van der Waals surface area contributed by atoms with Gasteiger partial charge in [0, 0.05) is 34.7 Å². The highest BCUT2D eigenvalue weighted by atomic mass is 19.1. The third-order valence-corrected chi connectivity index (χ3v) is 9.92. The van der Waals surface area contributed by atoms with Crippen LogP contribution in [-0.2, 0) is 19.1 Å². The number of allylic oxidation sites excluding steroid dienone is 4. The zero-order valence-corrected chi connectivity index (χ0v) is 19.8. The van der Waals surface area contributed by atoms with Crippen LogP contribution in [0.1, 0.15) is 51.4 Å². The molecule has 1 saturated heterocycles. The predicted octanol–water partition coefficient (Wildman–Crippen LogP) is 2.78. The highest BCUT2D eigenvalue weighted by molar-refractivity contribution is 6.01. The van der Waals surface area contributed by atoms with E-state index >= 15 is 4.39 Å². The van der Waals surface area contributed by atoms with Crippen LogP contribution in [-0.4, -0.2) is 56.8 Å². The van der Waals surface area contributed by atoms with Gasteiger partial charge in [-0.15, -0.1) is 0 Å². The predicted molar refractivity (Wildman–Crippen MR) is 121 cm³/mol. The molecule has 35 heavy (non-hydrogen) atoms. The third-order valence-electron chi connectivity index (χ3n) is 9.92. The molecular weight excluding hydrogens is 453 g/mol. The Bertz CT molecular complexity index is 1150. The molecule has 0 radical (unpaired) electrons. The zero-order valence-electron chi connectivity index (χ0n) is 19.8. The molecule has 3 saturated carbocycles. The lowest BCUT2D eigenvalue weighted by atomic mass is 9.44. The molecule has 2 heterocycles. The second-order valence-electron chi connectivity index (χ2n) is 11.2. The highest BCUT2D eigenvalue weighted by Gasteiger charge is 2.79. The van der Waals surface area contributed by atoms with Crippen molar-refractivity contribution in [3.63, 3.8) is 0 Å². The smallest absolute Gasteiger partial charge is 0.193 e. The van der Waals surface area contributed by atoms with Crippen LogP contribution in [0.5, 0.6) is 0 Å². The quantitative estimate of drug-likeness (QED) is 0.681. The van der Waals surface area contributed by atoms with Crippen LogP contribution in [0.15, 0.2) is 48.3 Å². The number of Topliss-reactive ketones (excluding diaryl/α,β-unsaturated/α-hetero) is 1. The van der Waals surface area contributed by atoms with Crippen molar-refractivity contribution in [3.05, 3.63) is 53.9 Å². The van der Waals surface area contributed by atoms with Gasteiger partial charge in [0.15, 0.2) is 29.1 Å². The molecule has 5 aliphatic rings. The second-order valence-corrected chi connectivity index (χ2v) is 11.2. The van der Waals surface area contributed by atoms with Crippen molar-refractivity contribution in [2.75, 3.05) is 6.61 Å². The first kappa shape index (κ1) is 23.2. The summed E-state index contributed by atoms with van der Waals surface area (Å²) in [5.74, 6) is -1.56. The van der Waals surface area contributed by atoms with Gasteiger partial charge in [-0.25, -0.2) is 4.39 Å². The molecule has 7 nitrogen and oxygen atoms in total. The van der Waals surface area contributed by atoms with Crippen molar-refractivity contribution >= 4 is 11.6 Å². The Morgan fingerprint density at radius 3 is 2.71 bits per heavy atom. The van der Waals surface area contributed by atoms with Crippen LogP contribution in [0.4, 0.5) is 4.39 Å². The van der Waals surface area contributed by atoms with Crippen LogP contribution in [0, 0.1) is 22.7 Å². The standard InChI is InChI=1S/C27H30FNO6/c1-24-8-5-17(31)11-16(24)3-4-18-19-12-22-27(21(33)14-30,25(19,2)13-20(32)26(18,24)28)35-23(34-22)15-6-9-29-10-7-15/h5-11,18-20,22-23,30,32H,3-4,12-14H2,1-2H3/t18-,19-,20-,22+,23?,24-,25-,26-,27+/m0/s1. The largest absolute Gasteiger partial charge is 0.390 e. The number of rotatable bonds is 3. The van der Waals surface area contributed by atoms with Crippen molar-refractivity contribution in [3.8, 4) is 0 Å². The van der Waals surface area contributed by atoms with E-state index < -0.39 is 58.9 Å². The van der Waals surface area contributed by atoms with Gasteiger partial charge in [0.05, 0.1) is 12.2 Å². The van der Waals surface area contributed by atoms with E-state index in [1.54, 1.807) is 37.5 Å². The van der Waals surface area contributed by atoms with Gasteiger partial charge in [-0.3, -0.25) is 14.6 Å². The van der Waals surface area contributed by atoms with Crippen molar-refractivity contribution < 1.29 is 33.7 Å². The minimum Gasteiger partial charge on any atom is -0.390 e. The summed E-state index contributed by atoms with van der Waals surface area (Å²) >= 11 is 0. The Hall–Kier alpha value is -2.26. The SMILES string of the molecule is C[C@]12C=CC(=O)C=C1CC[C@H]1[C@@H]3C[C@H]4OC(c5ccncc5)O[C@@]4(C(=O)CO)[C@@]3(C)C[C@H](O)[C@@]12F. The Morgan fingerprint density at radius 1 is 1.26 bits per heavy atom. The summed E-state index contributed by atoms with van der Waals surface area (Å²) in [4.78, 5) is 29.5. The number of ketones is 2. The van der Waals surface area contributed by atoms with Crippen LogP contribution < -0.4 is 0 Å². The molecular formula is C27H30FNO6. The van der Waals surface area contributed by atoms with E-state index in [0.29, 0.717) is 30.4 Å². The van der Waals surface area contributed by atoms with Gasteiger partial charge in [-0.2, -0.15) is 0 Å². The summed E-state index contributed by atoms with van der Waals surface area (Å²) in [5, 5.41) is 21.5. The molecule has 1 aromatic heterocycles. The number of carbonyl (C=O) groups excluding carboxylic acids is 2. The molecule has 0 bridgehead atoms. The minimum absolute atomic E-state index is 0.0238. The summed E-state index contributed by atoms with van der Waals surface area (Å²) in [6.45, 7) is 2.90. The molecule has 186 valence electrons. The molecule has 6 rings (SSSR count). The number of ether oxygens (including phenoxy) is 2. The first-order valence-corrected chi connectivity index (χ1v) is 12.3. The number of hydrogen-bond acceptors (Lipinski definition) is 7. The number of hydrogen-bond donors (Lipinski definition) is 2. The highest BCUT2D eigenvalue weighted by Crippen LogP contribution is 2.72. The number of aromatic nitrogens is 1. The van der Waals surface area contributed by atoms with E-state index in [9.17, 15) is 19.8 Å². The normalized spacial score (nSPS) is 48.0. The lowest BCUT2D eigenvalue weighted by Crippen LogP contribution is -2.69. The fourth-order valence-electron chi connectivity index (χ4n) is 8.24. The van der Waals surface area contributed by atoms with Gasteiger partial charge >= 0.3 is 0 Å². The Balaban J connectivity index is 1.44. The van der Waals surface area contributed by atoms with Crippen molar-refractivity contribution in [2.45, 2.75) is 69.3 Å². The molecule has 4 fully saturated rings. The fourth-order valence-corrected chi connectivity index (χ4v) is 8.24. The molecule has 0 spiro atoms. The van der Waals surface area contributed by atoms with E-state index in [2.05, 4.69) is 4.98 Å². The minimum atomic E-state index is -2.01. The van der Waals surface area contributed by atoms with Crippen molar-refractivity contribution in [1.82, 2.24) is 4.98 Å². The molecule has 2 N–H and O–H groups in total. The lowest BCUT2D eigenvalue weighted by molar-refractivity contribution is -0.231. The first-order chi connectivity index (χ1) is 16.6. The summed E-state index contributed by atoms with van der Waals surface area (Å²) < 4.78 is 30.0. The number of aliphatic hydroxyl groups is 2. The molecule has 9 atom stereocenters. The summed E-state index contributed by atoms with van der Waals surface area (Å²) in [6.07, 6.45) is 6.16. The van der Waals surface area contributed by atoms with Gasteiger partial charge in [-0.1, -0.05) is 18.6 Å². The Morgan fingerprint density at radius 2 is 2.00 bits per heavy atom. The van der Waals surface area contributed by atoms with Crippen molar-refractivity contribution in [2.24, 2.45) is 22.7 Å². The maximum absolute atomic E-state index is 17.3. The number of nitrogens with zero attached hydrogens (tertiary/aromatic N) is 1. The van der Waals surface area contributed by atoms with Gasteiger partial charge in [0.25, 0.3) is 0 Å². The number of fused-ring (bicyclic) bond motifs is 7. The Kier molecular flexibility index (Phi) is 4.88. The van der Waals surface area contributed by atoms with Gasteiger partial charge in [0.1, 0.15) is 6.61 Å². The average molecular weight is 484 g/mol. The van der Waals surface area contributed by atoms with Crippen LogP contribution in [0.25, 0.3) is 0 Å². The molecule has 8 heteroatoms. The number of halogens is 1. The first-order valence-electron chi connectivity index (χ1n) is 12.3. The van der Waals surface area contributed by atoms with Gasteiger partial charge < -0.3 is 19.7 Å². The van der Waals surface area contributed by atoms with E-state index in [1.165, 1.54) is 12.2 Å². The van der Waals surface area contributed by atoms with Crippen molar-refractivity contribution in [1.29, 1.82) is 0 Å². The molecule has 1 aliphatic heterocycles. The maximum atomic E-state index is 17.3. The number of aliphatic hydroxyl groups excluding tert-OH is 2. The van der Waals surface area contributed by atoms with E-state index in [-0.39, 0.29) is 18.1 Å². The lowest BCUT2D eigenvalue weighted by Gasteiger charge is -2.62. The summed E-state index contributed by atoms with van der Waals surface area (Å²) in [7, 11) is 0. The topological polar surface area (TPSA) is 106 Å². The average Bonchev–Trinajstić information content (AvgIpc) is 3.34. The van der Waals surface area contributed by atoms with Crippen LogP contribution in [0.2, 0.25) is 0 Å². The van der Waals surface area contributed by atoms with E-state index in [4.69, 9.17) is 9.47 Å². The zero-order chi connectivity index (χ0) is 24.8. The van der Waals surface area contributed by atoms with Crippen LogP contribution >= 0.6 is 0 Å². The number of carbonyl (C=O) groups is 2. The molecule has 0 aromatic carbocycles. The van der Waals surface area contributed by atoms with E-state index in [1.807, 2.05) is 6.92 Å². The molecule has 0 amide bonds. The molecule has 4 aliphatic carbocycles. The monoisotopic (exact) mass is 483 g/mol. The molecule has 1 aromatic rings. The number of pyridine rings is 1. The molecule has 1 unspecified atom stereocenters. The van der Waals surface area contributed by atoms with Crippen LogP contribution in [0.3, 0.4) is 0 Å². The summed E-state index contributed by atoms with van der Waals surface area (Å²) in [6, 6.07) is 3.50. The fraction of sp³-hybridized carbons (Fsp3) is 0.593.